The van der Waals surface area contributed by atoms with Crippen LogP contribution in [0.15, 0.2) is 46.9 Å². The zero-order valence-corrected chi connectivity index (χ0v) is 10.9. The summed E-state index contributed by atoms with van der Waals surface area (Å²) in [6.07, 6.45) is 2.05. The minimum absolute atomic E-state index is 0.0951. The van der Waals surface area contributed by atoms with Crippen molar-refractivity contribution in [3.8, 4) is 0 Å². The molecular formula is C14H14N2OS. The van der Waals surface area contributed by atoms with Gasteiger partial charge in [0.25, 0.3) is 0 Å². The van der Waals surface area contributed by atoms with Crippen molar-refractivity contribution in [3.05, 3.63) is 57.8 Å². The lowest BCUT2D eigenvalue weighted by Gasteiger charge is -1.99. The number of carbonyl (C=O) groups is 1. The number of thiophene rings is 1. The van der Waals surface area contributed by atoms with Crippen LogP contribution >= 0.6 is 11.3 Å². The molecule has 1 heterocycles. The molecule has 0 aliphatic heterocycles. The molecule has 0 saturated heterocycles. The van der Waals surface area contributed by atoms with E-state index in [9.17, 15) is 4.79 Å². The van der Waals surface area contributed by atoms with E-state index in [2.05, 4.69) is 10.5 Å². The fraction of sp³-hybridized carbons (Fsp3) is 0.143. The molecule has 0 radical (unpaired) electrons. The average Bonchev–Trinajstić information content (AvgIpc) is 2.84. The molecule has 0 spiro atoms. The van der Waals surface area contributed by atoms with Gasteiger partial charge in [0.1, 0.15) is 0 Å². The van der Waals surface area contributed by atoms with E-state index in [1.807, 2.05) is 48.7 Å². The highest BCUT2D eigenvalue weighted by Crippen LogP contribution is 2.08. The van der Waals surface area contributed by atoms with Gasteiger partial charge in [-0.25, -0.2) is 5.43 Å². The molecule has 0 atom stereocenters. The standard InChI is InChI=1S/C14H14N2OS/c1-11-5-2-3-6-12(11)10-15-16-14(17)9-13-7-4-8-18-13/h2-8,10H,9H2,1H3,(H,16,17)/b15-10-. The predicted molar refractivity (Wildman–Crippen MR) is 74.9 cm³/mol. The maximum Gasteiger partial charge on any atom is 0.245 e. The second-order valence-electron chi connectivity index (χ2n) is 3.91. The summed E-state index contributed by atoms with van der Waals surface area (Å²) in [7, 11) is 0. The van der Waals surface area contributed by atoms with Crippen molar-refractivity contribution in [3.63, 3.8) is 0 Å². The van der Waals surface area contributed by atoms with E-state index >= 15 is 0 Å². The summed E-state index contributed by atoms with van der Waals surface area (Å²) in [6.45, 7) is 2.01. The van der Waals surface area contributed by atoms with E-state index in [1.165, 1.54) is 0 Å². The summed E-state index contributed by atoms with van der Waals surface area (Å²) in [6, 6.07) is 11.8. The van der Waals surface area contributed by atoms with Gasteiger partial charge in [0, 0.05) is 4.88 Å². The van der Waals surface area contributed by atoms with Crippen LogP contribution in [0.1, 0.15) is 16.0 Å². The summed E-state index contributed by atoms with van der Waals surface area (Å²) in [4.78, 5) is 12.6. The Morgan fingerprint density at radius 1 is 1.33 bits per heavy atom. The largest absolute Gasteiger partial charge is 0.273 e. The zero-order valence-electron chi connectivity index (χ0n) is 10.1. The Bertz CT molecular complexity index is 547. The van der Waals surface area contributed by atoms with Gasteiger partial charge in [-0.3, -0.25) is 4.79 Å². The number of amides is 1. The molecule has 0 bridgehead atoms. The molecule has 1 N–H and O–H groups in total. The lowest BCUT2D eigenvalue weighted by atomic mass is 10.1. The number of hydrogen-bond donors (Lipinski definition) is 1. The highest BCUT2D eigenvalue weighted by Gasteiger charge is 2.02. The summed E-state index contributed by atoms with van der Waals surface area (Å²) in [5, 5.41) is 5.92. The lowest BCUT2D eigenvalue weighted by molar-refractivity contribution is -0.120. The Balaban J connectivity index is 1.88. The Morgan fingerprint density at radius 3 is 2.89 bits per heavy atom. The number of rotatable bonds is 4. The molecule has 2 rings (SSSR count). The molecule has 1 amide bonds. The van der Waals surface area contributed by atoms with Crippen LogP contribution in [0.4, 0.5) is 0 Å². The van der Waals surface area contributed by atoms with Gasteiger partial charge in [0.05, 0.1) is 12.6 Å². The molecule has 1 aromatic carbocycles. The second kappa shape index (κ2) is 6.12. The molecule has 3 nitrogen and oxygen atoms in total. The minimum Gasteiger partial charge on any atom is -0.273 e. The van der Waals surface area contributed by atoms with Crippen LogP contribution in [-0.4, -0.2) is 12.1 Å². The normalized spacial score (nSPS) is 10.7. The van der Waals surface area contributed by atoms with E-state index < -0.39 is 0 Å². The molecule has 1 aromatic heterocycles. The molecule has 0 saturated carbocycles. The van der Waals surface area contributed by atoms with Crippen molar-refractivity contribution in [1.82, 2.24) is 5.43 Å². The van der Waals surface area contributed by atoms with Gasteiger partial charge < -0.3 is 0 Å². The number of nitrogens with zero attached hydrogens (tertiary/aromatic N) is 1. The van der Waals surface area contributed by atoms with Gasteiger partial charge in [0.2, 0.25) is 5.91 Å². The van der Waals surface area contributed by atoms with Crippen LogP contribution in [0.5, 0.6) is 0 Å². The van der Waals surface area contributed by atoms with E-state index in [-0.39, 0.29) is 5.91 Å². The Morgan fingerprint density at radius 2 is 2.17 bits per heavy atom. The van der Waals surface area contributed by atoms with Crippen LogP contribution < -0.4 is 5.43 Å². The summed E-state index contributed by atoms with van der Waals surface area (Å²) >= 11 is 1.57. The van der Waals surface area contributed by atoms with Crippen LogP contribution in [0, 0.1) is 6.92 Å². The third-order valence-corrected chi connectivity index (χ3v) is 3.37. The molecule has 0 unspecified atom stereocenters. The monoisotopic (exact) mass is 258 g/mol. The van der Waals surface area contributed by atoms with Gasteiger partial charge in [-0.15, -0.1) is 11.3 Å². The maximum atomic E-state index is 11.6. The maximum absolute atomic E-state index is 11.6. The number of aryl methyl sites for hydroxylation is 1. The fourth-order valence-corrected chi connectivity index (χ4v) is 2.22. The molecule has 0 aliphatic carbocycles. The average molecular weight is 258 g/mol. The number of nitrogens with one attached hydrogen (secondary N) is 1. The van der Waals surface area contributed by atoms with E-state index in [0.717, 1.165) is 16.0 Å². The summed E-state index contributed by atoms with van der Waals surface area (Å²) in [5.74, 6) is -0.0951. The molecule has 0 aliphatic rings. The first-order valence-corrected chi connectivity index (χ1v) is 6.53. The van der Waals surface area contributed by atoms with Crippen LogP contribution in [0.3, 0.4) is 0 Å². The van der Waals surface area contributed by atoms with E-state index in [1.54, 1.807) is 17.6 Å². The minimum atomic E-state index is -0.0951. The van der Waals surface area contributed by atoms with Gasteiger partial charge in [-0.1, -0.05) is 30.3 Å². The highest BCUT2D eigenvalue weighted by atomic mass is 32.1. The van der Waals surface area contributed by atoms with Gasteiger partial charge in [-0.05, 0) is 29.5 Å². The third-order valence-electron chi connectivity index (χ3n) is 2.50. The van der Waals surface area contributed by atoms with Gasteiger partial charge in [-0.2, -0.15) is 5.10 Å². The Kier molecular flexibility index (Phi) is 4.25. The Hall–Kier alpha value is -1.94. The lowest BCUT2D eigenvalue weighted by Crippen LogP contribution is -2.19. The zero-order chi connectivity index (χ0) is 12.8. The number of carbonyl (C=O) groups excluding carboxylic acids is 1. The third kappa shape index (κ3) is 3.53. The van der Waals surface area contributed by atoms with Crippen LogP contribution in [0.2, 0.25) is 0 Å². The number of benzene rings is 1. The summed E-state index contributed by atoms with van der Waals surface area (Å²) in [5.41, 5.74) is 4.68. The van der Waals surface area contributed by atoms with Crippen molar-refractivity contribution in [2.24, 2.45) is 5.10 Å². The Labute approximate surface area is 110 Å². The van der Waals surface area contributed by atoms with Crippen LogP contribution in [0.25, 0.3) is 0 Å². The second-order valence-corrected chi connectivity index (χ2v) is 4.94. The molecule has 4 heteroatoms. The van der Waals surface area contributed by atoms with Crippen molar-refractivity contribution in [2.45, 2.75) is 13.3 Å². The first kappa shape index (κ1) is 12.5. The van der Waals surface area contributed by atoms with Crippen molar-refractivity contribution >= 4 is 23.5 Å². The van der Waals surface area contributed by atoms with Gasteiger partial charge in [0.15, 0.2) is 0 Å². The fourth-order valence-electron chi connectivity index (χ4n) is 1.52. The summed E-state index contributed by atoms with van der Waals surface area (Å²) < 4.78 is 0. The first-order valence-electron chi connectivity index (χ1n) is 5.65. The van der Waals surface area contributed by atoms with Crippen molar-refractivity contribution in [2.75, 3.05) is 0 Å². The molecular weight excluding hydrogens is 244 g/mol. The van der Waals surface area contributed by atoms with Crippen molar-refractivity contribution < 1.29 is 4.79 Å². The highest BCUT2D eigenvalue weighted by molar-refractivity contribution is 7.10. The SMILES string of the molecule is Cc1ccccc1/C=N\NC(=O)Cc1cccs1. The molecule has 2 aromatic rings. The number of hydrazone groups is 1. The van der Waals surface area contributed by atoms with Crippen molar-refractivity contribution in [1.29, 1.82) is 0 Å². The first-order chi connectivity index (χ1) is 8.75. The van der Waals surface area contributed by atoms with E-state index in [0.29, 0.717) is 6.42 Å². The molecule has 18 heavy (non-hydrogen) atoms. The van der Waals surface area contributed by atoms with Crippen LogP contribution in [-0.2, 0) is 11.2 Å². The molecule has 0 fully saturated rings. The number of hydrogen-bond acceptors (Lipinski definition) is 3. The van der Waals surface area contributed by atoms with E-state index in [4.69, 9.17) is 0 Å². The van der Waals surface area contributed by atoms with Gasteiger partial charge >= 0.3 is 0 Å². The smallest absolute Gasteiger partial charge is 0.245 e. The molecule has 92 valence electrons. The quantitative estimate of drug-likeness (QED) is 0.665. The topological polar surface area (TPSA) is 41.5 Å². The predicted octanol–water partition coefficient (Wildman–Crippen LogP) is 2.75.